The zero-order valence-electron chi connectivity index (χ0n) is 11.5. The Labute approximate surface area is 119 Å². The molecule has 0 aliphatic carbocycles. The van der Waals surface area contributed by atoms with Crippen LogP contribution >= 0.6 is 11.8 Å². The molecule has 3 heteroatoms. The Balaban J connectivity index is 2.09. The Kier molecular flexibility index (Phi) is 5.00. The van der Waals surface area contributed by atoms with Crippen molar-refractivity contribution in [3.63, 3.8) is 0 Å². The first-order valence-electron chi connectivity index (χ1n) is 6.53. The minimum Gasteiger partial charge on any atom is -0.328 e. The molecule has 1 unspecified atom stereocenters. The van der Waals surface area contributed by atoms with Crippen LogP contribution in [0, 0.1) is 6.92 Å². The summed E-state index contributed by atoms with van der Waals surface area (Å²) < 4.78 is 0. The van der Waals surface area contributed by atoms with Gasteiger partial charge in [0.25, 0.3) is 0 Å². The van der Waals surface area contributed by atoms with E-state index in [1.807, 2.05) is 19.2 Å². The number of nitrogens with two attached hydrogens (primary N) is 1. The van der Waals surface area contributed by atoms with E-state index >= 15 is 0 Å². The summed E-state index contributed by atoms with van der Waals surface area (Å²) in [4.78, 5) is 4.48. The van der Waals surface area contributed by atoms with Crippen LogP contribution in [0.4, 0.5) is 0 Å². The van der Waals surface area contributed by atoms with Crippen LogP contribution in [0.3, 0.4) is 0 Å². The molecule has 2 rings (SSSR count). The van der Waals surface area contributed by atoms with Gasteiger partial charge in [-0.2, -0.15) is 0 Å². The van der Waals surface area contributed by atoms with E-state index in [1.165, 1.54) is 16.7 Å². The van der Waals surface area contributed by atoms with Crippen molar-refractivity contribution in [2.45, 2.75) is 37.1 Å². The molecule has 0 aliphatic rings. The van der Waals surface area contributed by atoms with Gasteiger partial charge >= 0.3 is 0 Å². The summed E-state index contributed by atoms with van der Waals surface area (Å²) in [7, 11) is 0. The van der Waals surface area contributed by atoms with Gasteiger partial charge < -0.3 is 5.73 Å². The molecule has 100 valence electrons. The number of nitrogens with zero attached hydrogens (tertiary/aromatic N) is 1. The molecule has 0 saturated heterocycles. The van der Waals surface area contributed by atoms with Gasteiger partial charge in [-0.15, -0.1) is 11.8 Å². The van der Waals surface area contributed by atoms with E-state index in [2.05, 4.69) is 42.2 Å². The van der Waals surface area contributed by atoms with Crippen molar-refractivity contribution in [3.8, 4) is 0 Å². The van der Waals surface area contributed by atoms with Crippen LogP contribution in [0.25, 0.3) is 0 Å². The second-order valence-corrected chi connectivity index (χ2v) is 5.83. The van der Waals surface area contributed by atoms with Gasteiger partial charge in [-0.3, -0.25) is 0 Å². The van der Waals surface area contributed by atoms with Gasteiger partial charge in [0.2, 0.25) is 0 Å². The summed E-state index contributed by atoms with van der Waals surface area (Å²) >= 11 is 1.79. The number of hydrogen-bond acceptors (Lipinski definition) is 3. The van der Waals surface area contributed by atoms with Gasteiger partial charge in [0.05, 0.1) is 5.03 Å². The Bertz CT molecular complexity index is 538. The van der Waals surface area contributed by atoms with Crippen molar-refractivity contribution < 1.29 is 0 Å². The molecule has 0 saturated carbocycles. The molecule has 1 atom stereocenters. The lowest BCUT2D eigenvalue weighted by molar-refractivity contribution is 0.722. The maximum absolute atomic E-state index is 5.89. The first kappa shape index (κ1) is 14.1. The number of thioether (sulfide) groups is 1. The Morgan fingerprint density at radius 3 is 2.63 bits per heavy atom. The van der Waals surface area contributed by atoms with Crippen molar-refractivity contribution in [3.05, 3.63) is 59.3 Å². The van der Waals surface area contributed by atoms with E-state index in [1.54, 1.807) is 11.8 Å². The lowest BCUT2D eigenvalue weighted by Gasteiger charge is -2.11. The first-order valence-corrected chi connectivity index (χ1v) is 7.52. The predicted molar refractivity (Wildman–Crippen MR) is 82.3 cm³/mol. The topological polar surface area (TPSA) is 38.9 Å². The predicted octanol–water partition coefficient (Wildman–Crippen LogP) is 3.57. The highest BCUT2D eigenvalue weighted by Crippen LogP contribution is 2.26. The Morgan fingerprint density at radius 1 is 1.16 bits per heavy atom. The van der Waals surface area contributed by atoms with Crippen molar-refractivity contribution in [1.29, 1.82) is 0 Å². The second kappa shape index (κ2) is 6.73. The normalized spacial score (nSPS) is 12.4. The van der Waals surface area contributed by atoms with Crippen LogP contribution in [-0.4, -0.2) is 11.0 Å². The van der Waals surface area contributed by atoms with Gasteiger partial charge in [-0.25, -0.2) is 4.98 Å². The van der Waals surface area contributed by atoms with E-state index in [0.29, 0.717) is 0 Å². The molecule has 0 fully saturated rings. The fraction of sp³-hybridized carbons (Fsp3) is 0.312. The quantitative estimate of drug-likeness (QED) is 0.846. The van der Waals surface area contributed by atoms with Crippen LogP contribution in [0.2, 0.25) is 0 Å². The second-order valence-electron chi connectivity index (χ2n) is 4.86. The smallest absolute Gasteiger partial charge is 0.0995 e. The molecule has 0 aliphatic heterocycles. The lowest BCUT2D eigenvalue weighted by Crippen LogP contribution is -2.18. The number of hydrogen-bond donors (Lipinski definition) is 1. The fourth-order valence-electron chi connectivity index (χ4n) is 1.97. The Hall–Kier alpha value is -1.32. The molecule has 0 radical (unpaired) electrons. The van der Waals surface area contributed by atoms with Gasteiger partial charge in [0.1, 0.15) is 0 Å². The highest BCUT2D eigenvalue weighted by atomic mass is 32.2. The highest BCUT2D eigenvalue weighted by Gasteiger charge is 2.07. The van der Waals surface area contributed by atoms with Crippen molar-refractivity contribution in [1.82, 2.24) is 4.98 Å². The summed E-state index contributed by atoms with van der Waals surface area (Å²) in [6.07, 6.45) is 2.73. The average molecular weight is 272 g/mol. The van der Waals surface area contributed by atoms with Crippen LogP contribution in [0.1, 0.15) is 23.6 Å². The summed E-state index contributed by atoms with van der Waals surface area (Å²) in [6, 6.07) is 12.8. The molecule has 2 N–H and O–H groups in total. The van der Waals surface area contributed by atoms with Crippen molar-refractivity contribution >= 4 is 11.8 Å². The van der Waals surface area contributed by atoms with Crippen LogP contribution in [-0.2, 0) is 12.2 Å². The molecule has 1 aromatic carbocycles. The summed E-state index contributed by atoms with van der Waals surface area (Å²) in [5.74, 6) is 0.954. The zero-order valence-corrected chi connectivity index (χ0v) is 12.3. The van der Waals surface area contributed by atoms with Crippen molar-refractivity contribution in [2.75, 3.05) is 0 Å². The number of pyridine rings is 1. The van der Waals surface area contributed by atoms with Gasteiger partial charge in [0.15, 0.2) is 0 Å². The number of aromatic nitrogens is 1. The van der Waals surface area contributed by atoms with E-state index < -0.39 is 0 Å². The van der Waals surface area contributed by atoms with E-state index in [0.717, 1.165) is 17.2 Å². The lowest BCUT2D eigenvalue weighted by atomic mass is 10.1. The van der Waals surface area contributed by atoms with Gasteiger partial charge in [-0.05, 0) is 43.0 Å². The molecular weight excluding hydrogens is 252 g/mol. The summed E-state index contributed by atoms with van der Waals surface area (Å²) in [5.41, 5.74) is 9.83. The van der Waals surface area contributed by atoms with E-state index in [9.17, 15) is 0 Å². The summed E-state index contributed by atoms with van der Waals surface area (Å²) in [6.45, 7) is 4.18. The average Bonchev–Trinajstić information content (AvgIpc) is 2.39. The summed E-state index contributed by atoms with van der Waals surface area (Å²) in [5, 5.41) is 1.10. The Morgan fingerprint density at radius 2 is 1.89 bits per heavy atom. The minimum absolute atomic E-state index is 0.169. The van der Waals surface area contributed by atoms with Crippen LogP contribution in [0.5, 0.6) is 0 Å². The maximum Gasteiger partial charge on any atom is 0.0995 e. The third-order valence-corrected chi connectivity index (χ3v) is 4.11. The third-order valence-electron chi connectivity index (χ3n) is 3.02. The SMILES string of the molecule is Cc1ccccc1CSc1ncccc1CC(C)N. The monoisotopic (exact) mass is 272 g/mol. The molecule has 0 amide bonds. The molecule has 0 bridgehead atoms. The highest BCUT2D eigenvalue weighted by molar-refractivity contribution is 7.98. The molecule has 2 aromatic rings. The fourth-order valence-corrected chi connectivity index (χ4v) is 3.06. The molecule has 19 heavy (non-hydrogen) atoms. The van der Waals surface area contributed by atoms with Crippen molar-refractivity contribution in [2.24, 2.45) is 5.73 Å². The zero-order chi connectivity index (χ0) is 13.7. The molecular formula is C16H20N2S. The van der Waals surface area contributed by atoms with Crippen LogP contribution in [0.15, 0.2) is 47.6 Å². The number of benzene rings is 1. The van der Waals surface area contributed by atoms with E-state index in [-0.39, 0.29) is 6.04 Å². The number of aryl methyl sites for hydroxylation is 1. The third kappa shape index (κ3) is 4.08. The minimum atomic E-state index is 0.169. The molecule has 0 spiro atoms. The molecule has 2 nitrogen and oxygen atoms in total. The molecule has 1 heterocycles. The standard InChI is InChI=1S/C16H20N2S/c1-12-6-3-4-7-15(12)11-19-16-14(10-13(2)17)8-5-9-18-16/h3-9,13H,10-11,17H2,1-2H3. The molecule has 1 aromatic heterocycles. The van der Waals surface area contributed by atoms with Crippen LogP contribution < -0.4 is 5.73 Å². The van der Waals surface area contributed by atoms with Gasteiger partial charge in [-0.1, -0.05) is 30.3 Å². The first-order chi connectivity index (χ1) is 9.16. The maximum atomic E-state index is 5.89. The van der Waals surface area contributed by atoms with Gasteiger partial charge in [0, 0.05) is 18.0 Å². The largest absolute Gasteiger partial charge is 0.328 e. The van der Waals surface area contributed by atoms with E-state index in [4.69, 9.17) is 5.73 Å². The number of rotatable bonds is 5.